The highest BCUT2D eigenvalue weighted by Gasteiger charge is 2.45. The van der Waals surface area contributed by atoms with Crippen molar-refractivity contribution < 1.29 is 0 Å². The van der Waals surface area contributed by atoms with Crippen molar-refractivity contribution in [3.63, 3.8) is 0 Å². The Bertz CT molecular complexity index is 472. The van der Waals surface area contributed by atoms with Crippen LogP contribution in [0.15, 0.2) is 0 Å². The van der Waals surface area contributed by atoms with Gasteiger partial charge in [0.1, 0.15) is 0 Å². The van der Waals surface area contributed by atoms with E-state index in [1.165, 1.54) is 38.9 Å². The largest absolute Gasteiger partial charge is 0.306 e. The number of rotatable bonds is 2. The quantitative estimate of drug-likeness (QED) is 0.579. The highest BCUT2D eigenvalue weighted by atomic mass is 15.4. The first-order valence-electron chi connectivity index (χ1n) is 12.6. The molecule has 0 aromatic heterocycles. The second-order valence-corrected chi connectivity index (χ2v) is 11.4. The average Bonchev–Trinajstić information content (AvgIpc) is 2.71. The summed E-state index contributed by atoms with van der Waals surface area (Å²) in [6.07, 6.45) is 3.79. The molecule has 0 bridgehead atoms. The summed E-state index contributed by atoms with van der Waals surface area (Å²) >= 11 is 0. The van der Waals surface area contributed by atoms with Crippen LogP contribution in [0.2, 0.25) is 0 Å². The van der Waals surface area contributed by atoms with Gasteiger partial charge in [0.25, 0.3) is 0 Å². The van der Waals surface area contributed by atoms with E-state index in [-0.39, 0.29) is 5.54 Å². The molecule has 2 rings (SSSR count). The number of likely N-dealkylation sites (tertiary alicyclic amines) is 1. The summed E-state index contributed by atoms with van der Waals surface area (Å²) in [6.45, 7) is 27.5. The van der Waals surface area contributed by atoms with Crippen LogP contribution < -0.4 is 0 Å². The third-order valence-electron chi connectivity index (χ3n) is 7.34. The zero-order valence-corrected chi connectivity index (χ0v) is 23.4. The van der Waals surface area contributed by atoms with Crippen molar-refractivity contribution in [3.8, 4) is 0 Å². The van der Waals surface area contributed by atoms with E-state index in [0.717, 1.165) is 6.67 Å². The lowest BCUT2D eigenvalue weighted by Crippen LogP contribution is -2.61. The fourth-order valence-electron chi connectivity index (χ4n) is 6.19. The van der Waals surface area contributed by atoms with Crippen LogP contribution in [0.4, 0.5) is 0 Å². The lowest BCUT2D eigenvalue weighted by Gasteiger charge is -2.53. The van der Waals surface area contributed by atoms with Gasteiger partial charge in [0, 0.05) is 30.7 Å². The minimum absolute atomic E-state index is 0.180. The van der Waals surface area contributed by atoms with Crippen molar-refractivity contribution in [2.75, 3.05) is 54.5 Å². The van der Waals surface area contributed by atoms with Gasteiger partial charge in [0.15, 0.2) is 0 Å². The van der Waals surface area contributed by atoms with Crippen molar-refractivity contribution in [3.05, 3.63) is 0 Å². The first-order chi connectivity index (χ1) is 13.8. The summed E-state index contributed by atoms with van der Waals surface area (Å²) in [5, 5.41) is 0. The summed E-state index contributed by atoms with van der Waals surface area (Å²) in [5.74, 6) is 0. The van der Waals surface area contributed by atoms with Gasteiger partial charge in [-0.3, -0.25) is 14.7 Å². The van der Waals surface area contributed by atoms with Gasteiger partial charge >= 0.3 is 0 Å². The van der Waals surface area contributed by atoms with Crippen LogP contribution in [0.25, 0.3) is 0 Å². The number of nitrogens with zero attached hydrogens (tertiary/aromatic N) is 4. The first kappa shape index (κ1) is 29.8. The molecule has 2 aliphatic heterocycles. The lowest BCUT2D eigenvalue weighted by atomic mass is 9.68. The van der Waals surface area contributed by atoms with Crippen molar-refractivity contribution >= 4 is 0 Å². The van der Waals surface area contributed by atoms with E-state index < -0.39 is 0 Å². The highest BCUT2D eigenvalue weighted by molar-refractivity contribution is 5.01. The molecule has 0 radical (unpaired) electrons. The molecule has 0 aromatic carbocycles. The third kappa shape index (κ3) is 7.76. The van der Waals surface area contributed by atoms with E-state index >= 15 is 0 Å². The fourth-order valence-corrected chi connectivity index (χ4v) is 6.19. The molecule has 0 amide bonds. The molecule has 0 spiro atoms. The van der Waals surface area contributed by atoms with Gasteiger partial charge in [-0.1, -0.05) is 55.4 Å². The summed E-state index contributed by atoms with van der Waals surface area (Å²) in [7, 11) is 9.26. The molecular weight excluding hydrogens is 368 g/mol. The second-order valence-electron chi connectivity index (χ2n) is 11.4. The number of hydrogen-bond donors (Lipinski definition) is 0. The molecule has 2 aliphatic rings. The van der Waals surface area contributed by atoms with Crippen LogP contribution in [-0.4, -0.2) is 91.7 Å². The normalized spacial score (nSPS) is 30.1. The highest BCUT2D eigenvalue weighted by Crippen LogP contribution is 2.43. The molecule has 2 saturated heterocycles. The fraction of sp³-hybridized carbons (Fsp3) is 1.00. The van der Waals surface area contributed by atoms with Crippen LogP contribution in [-0.2, 0) is 0 Å². The van der Waals surface area contributed by atoms with E-state index in [2.05, 4.69) is 89.3 Å². The molecule has 0 N–H and O–H groups in total. The van der Waals surface area contributed by atoms with Gasteiger partial charge in [0.2, 0.25) is 0 Å². The van der Waals surface area contributed by atoms with Crippen LogP contribution in [0.3, 0.4) is 0 Å². The van der Waals surface area contributed by atoms with E-state index in [4.69, 9.17) is 0 Å². The van der Waals surface area contributed by atoms with E-state index in [9.17, 15) is 0 Å². The second kappa shape index (κ2) is 12.2. The molecule has 2 heterocycles. The maximum atomic E-state index is 2.77. The summed E-state index contributed by atoms with van der Waals surface area (Å²) < 4.78 is 0. The molecule has 2 fully saturated rings. The minimum atomic E-state index is 0.180. The van der Waals surface area contributed by atoms with Crippen molar-refractivity contribution in [2.45, 2.75) is 106 Å². The Kier molecular flexibility index (Phi) is 12.1. The van der Waals surface area contributed by atoms with Gasteiger partial charge in [-0.2, -0.15) is 0 Å². The molecule has 2 atom stereocenters. The molecule has 2 unspecified atom stereocenters. The number of likely N-dealkylation sites (N-methyl/N-ethyl adjacent to an activating group) is 2. The van der Waals surface area contributed by atoms with E-state index in [1.807, 2.05) is 27.7 Å². The zero-order chi connectivity index (χ0) is 23.9. The predicted octanol–water partition coefficient (Wildman–Crippen LogP) is 5.49. The average molecular weight is 427 g/mol. The Hall–Kier alpha value is -0.160. The standard InChI is InChI=1S/C22H46N4.2C2H6/c1-20(2)15-21(3,4)18(11-13-23(7)16-20)26(10)19-12-14-24(8)17-25(9)22(19,5)6;2*1-2/h18-19H,11-17H2,1-10H3;2*1-2H3. The minimum Gasteiger partial charge on any atom is -0.306 e. The molecule has 4 heteroatoms. The molecule has 182 valence electrons. The van der Waals surface area contributed by atoms with Gasteiger partial charge in [-0.25, -0.2) is 0 Å². The van der Waals surface area contributed by atoms with Gasteiger partial charge in [-0.05, 0) is 78.7 Å². The van der Waals surface area contributed by atoms with Crippen LogP contribution in [0.5, 0.6) is 0 Å². The van der Waals surface area contributed by atoms with E-state index in [0.29, 0.717) is 22.9 Å². The molecule has 4 nitrogen and oxygen atoms in total. The Morgan fingerprint density at radius 2 is 1.20 bits per heavy atom. The van der Waals surface area contributed by atoms with Crippen molar-refractivity contribution in [2.24, 2.45) is 10.8 Å². The smallest absolute Gasteiger partial charge is 0.0506 e. The molecule has 0 saturated carbocycles. The third-order valence-corrected chi connectivity index (χ3v) is 7.34. The SMILES string of the molecule is CC.CC.CN1CCC(N(C)C2CCN(C)CC(C)(C)CC2(C)C)C(C)(C)N(C)C1. The Labute approximate surface area is 191 Å². The Morgan fingerprint density at radius 1 is 0.733 bits per heavy atom. The van der Waals surface area contributed by atoms with Crippen LogP contribution in [0, 0.1) is 10.8 Å². The molecule has 30 heavy (non-hydrogen) atoms. The van der Waals surface area contributed by atoms with Crippen LogP contribution in [0.1, 0.15) is 88.5 Å². The maximum Gasteiger partial charge on any atom is 0.0506 e. The summed E-state index contributed by atoms with van der Waals surface area (Å²) in [6, 6.07) is 1.19. The van der Waals surface area contributed by atoms with Crippen LogP contribution >= 0.6 is 0 Å². The molecule has 0 aromatic rings. The topological polar surface area (TPSA) is 13.0 Å². The van der Waals surface area contributed by atoms with Crippen molar-refractivity contribution in [1.29, 1.82) is 0 Å². The molecular formula is C26H58N4. The van der Waals surface area contributed by atoms with Crippen molar-refractivity contribution in [1.82, 2.24) is 19.6 Å². The molecule has 0 aliphatic carbocycles. The summed E-state index contributed by atoms with van der Waals surface area (Å²) in [5.41, 5.74) is 0.874. The first-order valence-corrected chi connectivity index (χ1v) is 12.6. The van der Waals surface area contributed by atoms with Gasteiger partial charge in [-0.15, -0.1) is 0 Å². The lowest BCUT2D eigenvalue weighted by molar-refractivity contribution is -0.0339. The Morgan fingerprint density at radius 3 is 1.73 bits per heavy atom. The number of hydrogen-bond acceptors (Lipinski definition) is 4. The monoisotopic (exact) mass is 426 g/mol. The summed E-state index contributed by atoms with van der Waals surface area (Å²) in [4.78, 5) is 10.3. The van der Waals surface area contributed by atoms with Gasteiger partial charge < -0.3 is 4.90 Å². The predicted molar refractivity (Wildman–Crippen MR) is 136 cm³/mol. The zero-order valence-electron chi connectivity index (χ0n) is 23.4. The van der Waals surface area contributed by atoms with E-state index in [1.54, 1.807) is 0 Å². The maximum absolute atomic E-state index is 2.77. The van der Waals surface area contributed by atoms with Gasteiger partial charge in [0.05, 0.1) is 6.67 Å². The Balaban J connectivity index is 0.00000198.